The van der Waals surface area contributed by atoms with Gasteiger partial charge in [0.1, 0.15) is 5.69 Å². The van der Waals surface area contributed by atoms with Crippen LogP contribution in [0.2, 0.25) is 15.1 Å². The van der Waals surface area contributed by atoms with E-state index in [1.165, 1.54) is 0 Å². The summed E-state index contributed by atoms with van der Waals surface area (Å²) in [5, 5.41) is 8.84. The average Bonchev–Trinajstić information content (AvgIpc) is 3.71. The third-order valence-corrected chi connectivity index (χ3v) is 11.3. The maximum atomic E-state index is 14.7. The van der Waals surface area contributed by atoms with Gasteiger partial charge in [-0.15, -0.1) is 0 Å². The number of rotatable bonds is 8. The van der Waals surface area contributed by atoms with Gasteiger partial charge in [0.05, 0.1) is 36.0 Å². The van der Waals surface area contributed by atoms with E-state index in [4.69, 9.17) is 44.8 Å². The summed E-state index contributed by atoms with van der Waals surface area (Å²) in [5.41, 5.74) is 5.53. The van der Waals surface area contributed by atoms with Crippen LogP contribution in [0.3, 0.4) is 0 Å². The molecule has 0 bridgehead atoms. The van der Waals surface area contributed by atoms with Crippen LogP contribution in [-0.4, -0.2) is 75.0 Å². The molecule has 0 saturated carbocycles. The molecule has 54 heavy (non-hydrogen) atoms. The van der Waals surface area contributed by atoms with Crippen LogP contribution in [-0.2, 0) is 4.79 Å². The molecule has 8 rings (SSSR count). The fourth-order valence-corrected chi connectivity index (χ4v) is 8.53. The van der Waals surface area contributed by atoms with Crippen molar-refractivity contribution in [1.29, 1.82) is 0 Å². The molecule has 2 amide bonds. The molecule has 1 unspecified atom stereocenters. The molecular formula is C41H39Cl3N8O2. The number of aromatic amines is 1. The number of hydrogen-bond acceptors (Lipinski definition) is 6. The molecule has 3 aromatic heterocycles. The van der Waals surface area contributed by atoms with Crippen LogP contribution in [0.15, 0.2) is 91.4 Å². The molecule has 3 aromatic carbocycles. The second-order valence-corrected chi connectivity index (χ2v) is 15.1. The summed E-state index contributed by atoms with van der Waals surface area (Å²) >= 11 is 19.6. The molecule has 0 radical (unpaired) electrons. The number of hydrogen-bond donors (Lipinski definition) is 3. The molecule has 1 atom stereocenters. The Labute approximate surface area is 328 Å². The molecule has 276 valence electrons. The van der Waals surface area contributed by atoms with Crippen LogP contribution >= 0.6 is 34.8 Å². The Balaban J connectivity index is 1.18. The van der Waals surface area contributed by atoms with Gasteiger partial charge in [0.2, 0.25) is 5.91 Å². The Kier molecular flexibility index (Phi) is 10.3. The van der Waals surface area contributed by atoms with Crippen molar-refractivity contribution in [3.63, 3.8) is 0 Å². The number of carbonyl (C=O) groups excluding carboxylic acids is 2. The van der Waals surface area contributed by atoms with Crippen LogP contribution in [0.4, 0.5) is 11.5 Å². The lowest BCUT2D eigenvalue weighted by atomic mass is 9.99. The van der Waals surface area contributed by atoms with Gasteiger partial charge < -0.3 is 30.0 Å². The fraction of sp³-hybridized carbons (Fsp3) is 0.268. The molecule has 13 heteroatoms. The third kappa shape index (κ3) is 7.07. The van der Waals surface area contributed by atoms with Gasteiger partial charge in [0.25, 0.3) is 5.91 Å². The highest BCUT2D eigenvalue weighted by Crippen LogP contribution is 2.42. The first kappa shape index (κ1) is 36.1. The molecule has 0 spiro atoms. The fourth-order valence-electron chi connectivity index (χ4n) is 7.79. The van der Waals surface area contributed by atoms with E-state index in [0.29, 0.717) is 68.7 Å². The normalized spacial score (nSPS) is 16.1. The minimum Gasteiger partial charge on any atom is -0.355 e. The van der Waals surface area contributed by atoms with Crippen molar-refractivity contribution in [1.82, 2.24) is 29.7 Å². The first-order valence-corrected chi connectivity index (χ1v) is 19.3. The number of imidazole rings is 1. The van der Waals surface area contributed by atoms with E-state index in [2.05, 4.69) is 25.1 Å². The van der Waals surface area contributed by atoms with Gasteiger partial charge in [-0.2, -0.15) is 0 Å². The first-order valence-electron chi connectivity index (χ1n) is 18.2. The lowest BCUT2D eigenvalue weighted by molar-refractivity contribution is -0.132. The maximum Gasteiger partial charge on any atom is 0.272 e. The quantitative estimate of drug-likeness (QED) is 0.143. The largest absolute Gasteiger partial charge is 0.355 e. The van der Waals surface area contributed by atoms with Gasteiger partial charge in [0, 0.05) is 69.0 Å². The van der Waals surface area contributed by atoms with Crippen molar-refractivity contribution in [2.45, 2.75) is 38.3 Å². The van der Waals surface area contributed by atoms with E-state index in [1.807, 2.05) is 84.6 Å². The van der Waals surface area contributed by atoms with Crippen molar-refractivity contribution in [2.75, 3.05) is 42.9 Å². The number of H-pyrrole nitrogens is 1. The Morgan fingerprint density at radius 1 is 0.926 bits per heavy atom. The van der Waals surface area contributed by atoms with Gasteiger partial charge in [0.15, 0.2) is 5.82 Å². The number of pyridine rings is 1. The van der Waals surface area contributed by atoms with E-state index in [-0.39, 0.29) is 23.9 Å². The first-order chi connectivity index (χ1) is 26.3. The van der Waals surface area contributed by atoms with E-state index in [9.17, 15) is 9.59 Å². The molecule has 3 N–H and O–H groups in total. The standard InChI is InChI=1S/C41H39Cl3N8O2/c1-25(30-12-10-27(42)21-32(30)44)52-24-47-37(26-7-3-2-4-8-26)39(52)36-31-13-11-28(43)22-34(31)48-38(36)41(54)49-33-9-5-17-46-40(33)50-19-14-29(15-20-50)51-18-6-16-45-23-35(51)53/h2-5,7-13,17,21-22,24-25,29,45,48H,6,14-16,18-20,23H2,1H3,(H,49,54). The molecule has 2 fully saturated rings. The summed E-state index contributed by atoms with van der Waals surface area (Å²) in [6.07, 6.45) is 6.13. The predicted molar refractivity (Wildman–Crippen MR) is 217 cm³/mol. The second-order valence-electron chi connectivity index (χ2n) is 13.8. The molecule has 0 aliphatic carbocycles. The number of fused-ring (bicyclic) bond motifs is 1. The number of halogens is 3. The highest BCUT2D eigenvalue weighted by atomic mass is 35.5. The zero-order valence-corrected chi connectivity index (χ0v) is 31.9. The Morgan fingerprint density at radius 3 is 2.50 bits per heavy atom. The second kappa shape index (κ2) is 15.5. The number of nitrogens with one attached hydrogen (secondary N) is 3. The van der Waals surface area contributed by atoms with Crippen molar-refractivity contribution >= 4 is 69.0 Å². The monoisotopic (exact) mass is 780 g/mol. The summed E-state index contributed by atoms with van der Waals surface area (Å²) in [7, 11) is 0. The molecular weight excluding hydrogens is 743 g/mol. The number of anilines is 2. The van der Waals surface area contributed by atoms with Crippen LogP contribution in [0.1, 0.15) is 48.3 Å². The minimum absolute atomic E-state index is 0.162. The summed E-state index contributed by atoms with van der Waals surface area (Å²) in [5.74, 6) is 0.512. The van der Waals surface area contributed by atoms with Crippen molar-refractivity contribution in [2.24, 2.45) is 0 Å². The summed E-state index contributed by atoms with van der Waals surface area (Å²) in [6, 6.07) is 24.6. The van der Waals surface area contributed by atoms with Gasteiger partial charge in [-0.05, 0) is 74.7 Å². The van der Waals surface area contributed by atoms with Crippen LogP contribution in [0, 0.1) is 0 Å². The molecule has 2 saturated heterocycles. The summed E-state index contributed by atoms with van der Waals surface area (Å²) in [4.78, 5) is 44.8. The van der Waals surface area contributed by atoms with Gasteiger partial charge in [-0.1, -0.05) is 77.3 Å². The highest BCUT2D eigenvalue weighted by molar-refractivity contribution is 6.35. The van der Waals surface area contributed by atoms with Gasteiger partial charge in [-0.25, -0.2) is 9.97 Å². The summed E-state index contributed by atoms with van der Waals surface area (Å²) in [6.45, 7) is 5.49. The highest BCUT2D eigenvalue weighted by Gasteiger charge is 2.32. The Hall–Kier alpha value is -4.87. The predicted octanol–water partition coefficient (Wildman–Crippen LogP) is 8.71. The van der Waals surface area contributed by atoms with E-state index in [1.54, 1.807) is 18.6 Å². The van der Waals surface area contributed by atoms with E-state index >= 15 is 0 Å². The molecule has 5 heterocycles. The number of benzene rings is 3. The average molecular weight is 782 g/mol. The maximum absolute atomic E-state index is 14.7. The van der Waals surface area contributed by atoms with E-state index < -0.39 is 0 Å². The van der Waals surface area contributed by atoms with Gasteiger partial charge >= 0.3 is 0 Å². The number of amides is 2. The van der Waals surface area contributed by atoms with Crippen molar-refractivity contribution in [3.8, 4) is 22.5 Å². The molecule has 2 aliphatic rings. The smallest absolute Gasteiger partial charge is 0.272 e. The van der Waals surface area contributed by atoms with Crippen molar-refractivity contribution < 1.29 is 9.59 Å². The third-order valence-electron chi connectivity index (χ3n) is 10.5. The Morgan fingerprint density at radius 2 is 1.70 bits per heavy atom. The zero-order valence-electron chi connectivity index (χ0n) is 29.7. The Bertz CT molecular complexity index is 2330. The van der Waals surface area contributed by atoms with Crippen LogP contribution in [0.25, 0.3) is 33.4 Å². The number of aromatic nitrogens is 4. The number of piperidine rings is 1. The molecule has 6 aromatic rings. The van der Waals surface area contributed by atoms with Gasteiger partial charge in [-0.3, -0.25) is 9.59 Å². The van der Waals surface area contributed by atoms with Crippen LogP contribution < -0.4 is 15.5 Å². The summed E-state index contributed by atoms with van der Waals surface area (Å²) < 4.78 is 2.05. The number of carbonyl (C=O) groups is 2. The van der Waals surface area contributed by atoms with Crippen LogP contribution in [0.5, 0.6) is 0 Å². The molecule has 2 aliphatic heterocycles. The minimum atomic E-state index is -0.340. The SMILES string of the molecule is CC(c1ccc(Cl)cc1Cl)n1cnc(-c2ccccc2)c1-c1c(C(=O)Nc2cccnc2N2CCC(N3CCCNCC3=O)CC2)[nH]c2cc(Cl)ccc12. The molecule has 10 nitrogen and oxygen atoms in total. The number of nitrogens with zero attached hydrogens (tertiary/aromatic N) is 5. The topological polar surface area (TPSA) is 111 Å². The van der Waals surface area contributed by atoms with Crippen molar-refractivity contribution in [3.05, 3.63) is 118 Å². The lowest BCUT2D eigenvalue weighted by Gasteiger charge is -2.39. The zero-order chi connectivity index (χ0) is 37.3. The van der Waals surface area contributed by atoms with E-state index in [0.717, 1.165) is 54.6 Å². The lowest BCUT2D eigenvalue weighted by Crippen LogP contribution is -2.48.